The highest BCUT2D eigenvalue weighted by atomic mass is 79.9. The van der Waals surface area contributed by atoms with Crippen LogP contribution in [-0.4, -0.2) is 25.8 Å². The second-order valence-corrected chi connectivity index (χ2v) is 8.35. The number of rotatable bonds is 3. The van der Waals surface area contributed by atoms with Gasteiger partial charge in [0.2, 0.25) is 5.91 Å². The Morgan fingerprint density at radius 3 is 2.80 bits per heavy atom. The number of nitrogens with two attached hydrogens (primary N) is 1. The van der Waals surface area contributed by atoms with E-state index >= 15 is 0 Å². The molecule has 0 bridgehead atoms. The molecule has 1 aliphatic rings. The number of benzene rings is 1. The topological polar surface area (TPSA) is 89.3 Å². The zero-order valence-corrected chi connectivity index (χ0v) is 13.6. The van der Waals surface area contributed by atoms with E-state index in [1.54, 1.807) is 6.07 Å². The van der Waals surface area contributed by atoms with Crippen molar-refractivity contribution in [1.82, 2.24) is 0 Å². The Morgan fingerprint density at radius 1 is 1.50 bits per heavy atom. The molecule has 1 fully saturated rings. The molecule has 1 heterocycles. The van der Waals surface area contributed by atoms with Crippen LogP contribution in [0.3, 0.4) is 0 Å². The molecule has 5 nitrogen and oxygen atoms in total. The Labute approximate surface area is 127 Å². The number of nitrogen functional groups attached to an aromatic ring is 1. The first-order valence-electron chi connectivity index (χ1n) is 6.33. The number of anilines is 2. The van der Waals surface area contributed by atoms with Crippen molar-refractivity contribution < 1.29 is 13.2 Å². The fraction of sp³-hybridized carbons (Fsp3) is 0.462. The van der Waals surface area contributed by atoms with Crippen LogP contribution in [0.4, 0.5) is 11.4 Å². The van der Waals surface area contributed by atoms with Gasteiger partial charge in [-0.3, -0.25) is 4.79 Å². The molecule has 1 aromatic carbocycles. The quantitative estimate of drug-likeness (QED) is 0.807. The maximum Gasteiger partial charge on any atom is 0.224 e. The number of nitrogens with one attached hydrogen (secondary N) is 1. The van der Waals surface area contributed by atoms with Crippen LogP contribution < -0.4 is 11.1 Å². The molecule has 110 valence electrons. The molecule has 2 rings (SSSR count). The van der Waals surface area contributed by atoms with E-state index in [0.717, 1.165) is 10.0 Å². The summed E-state index contributed by atoms with van der Waals surface area (Å²) in [5, 5.41) is 2.76. The Balaban J connectivity index is 2.02. The van der Waals surface area contributed by atoms with E-state index in [-0.39, 0.29) is 29.8 Å². The molecule has 1 unspecified atom stereocenters. The minimum absolute atomic E-state index is 0.0884. The summed E-state index contributed by atoms with van der Waals surface area (Å²) in [4.78, 5) is 12.0. The van der Waals surface area contributed by atoms with Gasteiger partial charge in [0.15, 0.2) is 9.84 Å². The summed E-state index contributed by atoms with van der Waals surface area (Å²) in [6.45, 7) is 1.86. The first kappa shape index (κ1) is 15.3. The van der Waals surface area contributed by atoms with Crippen LogP contribution in [0.1, 0.15) is 18.4 Å². The first-order valence-corrected chi connectivity index (χ1v) is 8.94. The van der Waals surface area contributed by atoms with Crippen LogP contribution in [0.2, 0.25) is 0 Å². The van der Waals surface area contributed by atoms with Gasteiger partial charge in [0, 0.05) is 10.9 Å². The van der Waals surface area contributed by atoms with Crippen LogP contribution in [0.15, 0.2) is 16.6 Å². The smallest absolute Gasteiger partial charge is 0.224 e. The second kappa shape index (κ2) is 5.73. The van der Waals surface area contributed by atoms with Gasteiger partial charge in [-0.25, -0.2) is 8.42 Å². The first-order chi connectivity index (χ1) is 9.27. The van der Waals surface area contributed by atoms with E-state index < -0.39 is 9.84 Å². The molecule has 0 aromatic heterocycles. The highest BCUT2D eigenvalue weighted by Crippen LogP contribution is 2.28. The van der Waals surface area contributed by atoms with Crippen LogP contribution in [0.25, 0.3) is 0 Å². The Morgan fingerprint density at radius 2 is 2.20 bits per heavy atom. The molecule has 1 atom stereocenters. The van der Waals surface area contributed by atoms with Crippen LogP contribution in [-0.2, 0) is 14.6 Å². The van der Waals surface area contributed by atoms with Gasteiger partial charge in [0.25, 0.3) is 0 Å². The van der Waals surface area contributed by atoms with Crippen molar-refractivity contribution in [3.05, 3.63) is 22.2 Å². The molecule has 20 heavy (non-hydrogen) atoms. The van der Waals surface area contributed by atoms with Gasteiger partial charge in [-0.1, -0.05) is 15.9 Å². The number of halogens is 1. The van der Waals surface area contributed by atoms with Crippen LogP contribution in [0.5, 0.6) is 0 Å². The zero-order chi connectivity index (χ0) is 14.9. The van der Waals surface area contributed by atoms with Crippen molar-refractivity contribution in [3.8, 4) is 0 Å². The Hall–Kier alpha value is -1.08. The molecular formula is C13H17BrN2O3S. The number of hydrogen-bond donors (Lipinski definition) is 2. The highest BCUT2D eigenvalue weighted by Gasteiger charge is 2.29. The molecule has 0 spiro atoms. The van der Waals surface area contributed by atoms with E-state index in [9.17, 15) is 13.2 Å². The summed E-state index contributed by atoms with van der Waals surface area (Å²) in [6, 6.07) is 3.61. The van der Waals surface area contributed by atoms with Gasteiger partial charge in [-0.05, 0) is 37.0 Å². The van der Waals surface area contributed by atoms with E-state index in [4.69, 9.17) is 5.73 Å². The molecule has 3 N–H and O–H groups in total. The van der Waals surface area contributed by atoms with Crippen molar-refractivity contribution >= 4 is 43.0 Å². The largest absolute Gasteiger partial charge is 0.397 e. The average Bonchev–Trinajstić information content (AvgIpc) is 2.64. The molecule has 1 aromatic rings. The maximum atomic E-state index is 12.0. The SMILES string of the molecule is Cc1cc(Br)cc(NC(=O)CC2CCS(=O)(=O)C2)c1N. The van der Waals surface area contributed by atoms with E-state index in [1.807, 2.05) is 13.0 Å². The van der Waals surface area contributed by atoms with Crippen molar-refractivity contribution in [2.45, 2.75) is 19.8 Å². The third kappa shape index (κ3) is 3.73. The minimum atomic E-state index is -2.95. The van der Waals surface area contributed by atoms with Gasteiger partial charge in [-0.2, -0.15) is 0 Å². The lowest BCUT2D eigenvalue weighted by molar-refractivity contribution is -0.116. The Kier molecular flexibility index (Phi) is 4.39. The van der Waals surface area contributed by atoms with Gasteiger partial charge < -0.3 is 11.1 Å². The van der Waals surface area contributed by atoms with Crippen molar-refractivity contribution in [3.63, 3.8) is 0 Å². The molecule has 1 saturated heterocycles. The normalized spacial score (nSPS) is 20.8. The zero-order valence-electron chi connectivity index (χ0n) is 11.1. The summed E-state index contributed by atoms with van der Waals surface area (Å²) in [7, 11) is -2.95. The fourth-order valence-corrected chi connectivity index (χ4v) is 4.79. The predicted molar refractivity (Wildman–Crippen MR) is 83.3 cm³/mol. The summed E-state index contributed by atoms with van der Waals surface area (Å²) in [6.07, 6.45) is 0.771. The number of sulfone groups is 1. The fourth-order valence-electron chi connectivity index (χ4n) is 2.35. The summed E-state index contributed by atoms with van der Waals surface area (Å²) < 4.78 is 23.6. The van der Waals surface area contributed by atoms with E-state index in [0.29, 0.717) is 17.8 Å². The summed E-state index contributed by atoms with van der Waals surface area (Å²) in [5.74, 6) is 0.00187. The minimum Gasteiger partial charge on any atom is -0.397 e. The van der Waals surface area contributed by atoms with Crippen molar-refractivity contribution in [2.24, 2.45) is 5.92 Å². The lowest BCUT2D eigenvalue weighted by Gasteiger charge is -2.12. The van der Waals surface area contributed by atoms with Crippen LogP contribution in [0, 0.1) is 12.8 Å². The third-order valence-electron chi connectivity index (χ3n) is 3.43. The molecule has 0 radical (unpaired) electrons. The van der Waals surface area contributed by atoms with Crippen molar-refractivity contribution in [1.29, 1.82) is 0 Å². The highest BCUT2D eigenvalue weighted by molar-refractivity contribution is 9.10. The predicted octanol–water partition coefficient (Wildman–Crippen LogP) is 2.10. The number of aryl methyl sites for hydroxylation is 1. The lowest BCUT2D eigenvalue weighted by atomic mass is 10.0. The maximum absolute atomic E-state index is 12.0. The molecular weight excluding hydrogens is 344 g/mol. The third-order valence-corrected chi connectivity index (χ3v) is 5.72. The average molecular weight is 361 g/mol. The van der Waals surface area contributed by atoms with Crippen molar-refractivity contribution in [2.75, 3.05) is 22.6 Å². The number of carbonyl (C=O) groups is 1. The molecule has 1 aliphatic heterocycles. The lowest BCUT2D eigenvalue weighted by Crippen LogP contribution is -2.18. The number of amides is 1. The summed E-state index contributed by atoms with van der Waals surface area (Å²) >= 11 is 3.35. The van der Waals surface area contributed by atoms with E-state index in [1.165, 1.54) is 0 Å². The molecule has 0 saturated carbocycles. The molecule has 0 aliphatic carbocycles. The Bertz CT molecular complexity index is 643. The van der Waals surface area contributed by atoms with Gasteiger partial charge in [0.1, 0.15) is 0 Å². The number of carbonyl (C=O) groups excluding carboxylic acids is 1. The standard InChI is InChI=1S/C13H17BrN2O3S/c1-8-4-10(14)6-11(13(8)15)16-12(17)5-9-2-3-20(18,19)7-9/h4,6,9H,2-3,5,7,15H2,1H3,(H,16,17). The van der Waals surface area contributed by atoms with Crippen LogP contribution >= 0.6 is 15.9 Å². The monoisotopic (exact) mass is 360 g/mol. The van der Waals surface area contributed by atoms with Gasteiger partial charge in [-0.15, -0.1) is 0 Å². The molecule has 7 heteroatoms. The van der Waals surface area contributed by atoms with Gasteiger partial charge in [0.05, 0.1) is 22.9 Å². The number of hydrogen-bond acceptors (Lipinski definition) is 4. The van der Waals surface area contributed by atoms with Gasteiger partial charge >= 0.3 is 0 Å². The summed E-state index contributed by atoms with van der Waals surface area (Å²) in [5.41, 5.74) is 7.88. The van der Waals surface area contributed by atoms with E-state index in [2.05, 4.69) is 21.2 Å². The molecule has 1 amide bonds. The second-order valence-electron chi connectivity index (χ2n) is 5.21.